The standard InChI is InChI=1S/C23H35N5O2S.HI/c1-5-22-26-19(16-31-22)7-9-25-23(24-6-2)27-18-8-10-28(15-18)14-17-11-20(29-3)13-21(12-17)30-4;/h11-13,16,18H,5-10,14-15H2,1-4H3,(H2,24,25,27);1H. The van der Waals surface area contributed by atoms with Gasteiger partial charge in [-0.3, -0.25) is 9.89 Å². The van der Waals surface area contributed by atoms with Crippen molar-refractivity contribution in [2.24, 2.45) is 4.99 Å². The second-order valence-corrected chi connectivity index (χ2v) is 8.63. The molecule has 1 saturated heterocycles. The van der Waals surface area contributed by atoms with E-state index in [0.717, 1.165) is 75.1 Å². The molecule has 1 unspecified atom stereocenters. The molecule has 7 nitrogen and oxygen atoms in total. The molecule has 178 valence electrons. The molecule has 1 fully saturated rings. The summed E-state index contributed by atoms with van der Waals surface area (Å²) in [6.45, 7) is 8.74. The molecule has 3 rings (SSSR count). The van der Waals surface area contributed by atoms with Crippen LogP contribution >= 0.6 is 35.3 Å². The zero-order valence-electron chi connectivity index (χ0n) is 19.5. The molecule has 0 spiro atoms. The molecule has 2 aromatic rings. The number of halogens is 1. The Labute approximate surface area is 213 Å². The number of aryl methyl sites for hydroxylation is 1. The van der Waals surface area contributed by atoms with Gasteiger partial charge in [0.1, 0.15) is 11.5 Å². The number of nitrogens with one attached hydrogen (secondary N) is 2. The molecule has 2 N–H and O–H groups in total. The minimum absolute atomic E-state index is 0. The minimum atomic E-state index is 0. The Kier molecular flexibility index (Phi) is 11.5. The molecule has 32 heavy (non-hydrogen) atoms. The molecule has 0 amide bonds. The van der Waals surface area contributed by atoms with E-state index in [1.807, 2.05) is 6.07 Å². The highest BCUT2D eigenvalue weighted by Gasteiger charge is 2.23. The molecule has 0 radical (unpaired) electrons. The Hall–Kier alpha value is -1.59. The third kappa shape index (κ3) is 8.08. The third-order valence-electron chi connectivity index (χ3n) is 5.31. The Balaban J connectivity index is 0.00000363. The number of hydrogen-bond donors (Lipinski definition) is 2. The predicted molar refractivity (Wildman–Crippen MR) is 143 cm³/mol. The van der Waals surface area contributed by atoms with Crippen LogP contribution in [-0.2, 0) is 19.4 Å². The van der Waals surface area contributed by atoms with Crippen LogP contribution in [0.15, 0.2) is 28.6 Å². The predicted octanol–water partition coefficient (Wildman–Crippen LogP) is 3.71. The number of likely N-dealkylation sites (tertiary alicyclic amines) is 1. The summed E-state index contributed by atoms with van der Waals surface area (Å²) in [6.07, 6.45) is 2.97. The second kappa shape index (κ2) is 13.8. The van der Waals surface area contributed by atoms with Gasteiger partial charge in [0, 0.05) is 56.6 Å². The Bertz CT molecular complexity index is 838. The zero-order valence-corrected chi connectivity index (χ0v) is 22.7. The van der Waals surface area contributed by atoms with Gasteiger partial charge in [0.25, 0.3) is 0 Å². The van der Waals surface area contributed by atoms with E-state index in [-0.39, 0.29) is 24.0 Å². The lowest BCUT2D eigenvalue weighted by Gasteiger charge is -2.19. The van der Waals surface area contributed by atoms with Gasteiger partial charge in [-0.25, -0.2) is 4.98 Å². The van der Waals surface area contributed by atoms with Crippen LogP contribution in [-0.4, -0.2) is 62.3 Å². The normalized spacial score (nSPS) is 16.5. The molecule has 1 aromatic heterocycles. The summed E-state index contributed by atoms with van der Waals surface area (Å²) >= 11 is 1.74. The van der Waals surface area contributed by atoms with Gasteiger partial charge in [-0.05, 0) is 37.5 Å². The number of hydrogen-bond acceptors (Lipinski definition) is 6. The van der Waals surface area contributed by atoms with Crippen LogP contribution < -0.4 is 20.1 Å². The summed E-state index contributed by atoms with van der Waals surface area (Å²) in [5.41, 5.74) is 2.34. The van der Waals surface area contributed by atoms with Gasteiger partial charge < -0.3 is 20.1 Å². The minimum Gasteiger partial charge on any atom is -0.497 e. The first kappa shape index (κ1) is 26.7. The van der Waals surface area contributed by atoms with Gasteiger partial charge in [0.05, 0.1) is 24.9 Å². The van der Waals surface area contributed by atoms with Crippen molar-refractivity contribution in [3.05, 3.63) is 39.8 Å². The average Bonchev–Trinajstić information content (AvgIpc) is 3.42. The highest BCUT2D eigenvalue weighted by Crippen LogP contribution is 2.24. The highest BCUT2D eigenvalue weighted by atomic mass is 127. The summed E-state index contributed by atoms with van der Waals surface area (Å²) in [6, 6.07) is 6.46. The average molecular weight is 574 g/mol. The number of aromatic nitrogens is 1. The molecular formula is C23H36IN5O2S. The van der Waals surface area contributed by atoms with Gasteiger partial charge >= 0.3 is 0 Å². The first-order valence-electron chi connectivity index (χ1n) is 11.1. The number of guanidine groups is 1. The summed E-state index contributed by atoms with van der Waals surface area (Å²) in [5.74, 6) is 2.55. The van der Waals surface area contributed by atoms with Crippen LogP contribution in [0, 0.1) is 0 Å². The van der Waals surface area contributed by atoms with E-state index < -0.39 is 0 Å². The maximum atomic E-state index is 5.40. The lowest BCUT2D eigenvalue weighted by molar-refractivity contribution is 0.321. The topological polar surface area (TPSA) is 71.0 Å². The maximum Gasteiger partial charge on any atom is 0.191 e. The van der Waals surface area contributed by atoms with Crippen molar-refractivity contribution in [3.8, 4) is 11.5 Å². The first-order chi connectivity index (χ1) is 15.1. The number of nitrogens with zero attached hydrogens (tertiary/aromatic N) is 3. The van der Waals surface area contributed by atoms with E-state index >= 15 is 0 Å². The SMILES string of the molecule is CCNC(=NCCc1csc(CC)n1)NC1CCN(Cc2cc(OC)cc(OC)c2)C1.I. The molecular weight excluding hydrogens is 537 g/mol. The van der Waals surface area contributed by atoms with Crippen LogP contribution in [0.4, 0.5) is 0 Å². The zero-order chi connectivity index (χ0) is 22.1. The summed E-state index contributed by atoms with van der Waals surface area (Å²) in [4.78, 5) is 11.9. The lowest BCUT2D eigenvalue weighted by atomic mass is 10.2. The van der Waals surface area contributed by atoms with Crippen LogP contribution in [0.25, 0.3) is 0 Å². The molecule has 1 atom stereocenters. The maximum absolute atomic E-state index is 5.40. The number of methoxy groups -OCH3 is 2. The van der Waals surface area contributed by atoms with Crippen molar-refractivity contribution in [3.63, 3.8) is 0 Å². The molecule has 0 saturated carbocycles. The van der Waals surface area contributed by atoms with Gasteiger partial charge in [0.2, 0.25) is 0 Å². The number of aliphatic imine (C=N–C) groups is 1. The van der Waals surface area contributed by atoms with Crippen molar-refractivity contribution in [2.75, 3.05) is 40.4 Å². The Morgan fingerprint density at radius 2 is 1.97 bits per heavy atom. The summed E-state index contributed by atoms with van der Waals surface area (Å²) in [5, 5.41) is 10.3. The fourth-order valence-corrected chi connectivity index (χ4v) is 4.51. The molecule has 1 aliphatic rings. The van der Waals surface area contributed by atoms with E-state index in [2.05, 4.69) is 51.9 Å². The molecule has 1 aliphatic heterocycles. The Morgan fingerprint density at radius 3 is 2.59 bits per heavy atom. The molecule has 0 aliphatic carbocycles. The van der Waals surface area contributed by atoms with E-state index in [0.29, 0.717) is 6.04 Å². The van der Waals surface area contributed by atoms with Crippen LogP contribution in [0.5, 0.6) is 11.5 Å². The van der Waals surface area contributed by atoms with Crippen LogP contribution in [0.1, 0.15) is 36.5 Å². The largest absolute Gasteiger partial charge is 0.497 e. The van der Waals surface area contributed by atoms with E-state index in [1.165, 1.54) is 10.6 Å². The van der Waals surface area contributed by atoms with E-state index in [9.17, 15) is 0 Å². The monoisotopic (exact) mass is 573 g/mol. The smallest absolute Gasteiger partial charge is 0.191 e. The van der Waals surface area contributed by atoms with Crippen LogP contribution in [0.2, 0.25) is 0 Å². The van der Waals surface area contributed by atoms with Crippen molar-refractivity contribution in [1.82, 2.24) is 20.5 Å². The molecule has 0 bridgehead atoms. The number of rotatable bonds is 10. The molecule has 1 aromatic carbocycles. The van der Waals surface area contributed by atoms with Crippen molar-refractivity contribution in [1.29, 1.82) is 0 Å². The third-order valence-corrected chi connectivity index (χ3v) is 6.36. The van der Waals surface area contributed by atoms with Crippen molar-refractivity contribution in [2.45, 2.75) is 45.7 Å². The lowest BCUT2D eigenvalue weighted by Crippen LogP contribution is -2.44. The summed E-state index contributed by atoms with van der Waals surface area (Å²) in [7, 11) is 3.38. The van der Waals surface area contributed by atoms with Crippen LogP contribution in [0.3, 0.4) is 0 Å². The number of ether oxygens (including phenoxy) is 2. The highest BCUT2D eigenvalue weighted by molar-refractivity contribution is 14.0. The van der Waals surface area contributed by atoms with E-state index in [1.54, 1.807) is 25.6 Å². The fourth-order valence-electron chi connectivity index (χ4n) is 3.73. The van der Waals surface area contributed by atoms with E-state index in [4.69, 9.17) is 14.5 Å². The molecule has 2 heterocycles. The van der Waals surface area contributed by atoms with Crippen molar-refractivity contribution < 1.29 is 9.47 Å². The van der Waals surface area contributed by atoms with Gasteiger partial charge in [0.15, 0.2) is 5.96 Å². The summed E-state index contributed by atoms with van der Waals surface area (Å²) < 4.78 is 10.8. The van der Waals surface area contributed by atoms with Crippen molar-refractivity contribution >= 4 is 41.3 Å². The Morgan fingerprint density at radius 1 is 1.22 bits per heavy atom. The quantitative estimate of drug-likeness (QED) is 0.257. The fraction of sp³-hybridized carbons (Fsp3) is 0.565. The molecule has 9 heteroatoms. The number of benzene rings is 1. The first-order valence-corrected chi connectivity index (χ1v) is 11.9. The van der Waals surface area contributed by atoms with Gasteiger partial charge in [-0.15, -0.1) is 35.3 Å². The van der Waals surface area contributed by atoms with Gasteiger partial charge in [-0.1, -0.05) is 6.92 Å². The number of thiazole rings is 1. The second-order valence-electron chi connectivity index (χ2n) is 7.68. The van der Waals surface area contributed by atoms with Gasteiger partial charge in [-0.2, -0.15) is 0 Å².